The summed E-state index contributed by atoms with van der Waals surface area (Å²) >= 11 is 6.08. The molecule has 2 aromatic heterocycles. The van der Waals surface area contributed by atoms with Crippen molar-refractivity contribution in [3.05, 3.63) is 52.9 Å². The fourth-order valence-corrected chi connectivity index (χ4v) is 8.04. The van der Waals surface area contributed by atoms with Gasteiger partial charge >= 0.3 is 6.18 Å². The van der Waals surface area contributed by atoms with Gasteiger partial charge in [0.15, 0.2) is 16.8 Å². The largest absolute Gasteiger partial charge is 0.413 e. The first-order chi connectivity index (χ1) is 19.9. The number of alkyl halides is 3. The number of aryl methyl sites for hydroxylation is 1. The number of carbonyl (C=O) groups is 1. The maximum absolute atomic E-state index is 14.7. The Labute approximate surface area is 247 Å². The van der Waals surface area contributed by atoms with E-state index in [0.29, 0.717) is 35.9 Å². The quantitative estimate of drug-likeness (QED) is 0.391. The number of rotatable bonds is 5. The average molecular weight is 625 g/mol. The molecule has 3 aliphatic heterocycles. The van der Waals surface area contributed by atoms with Gasteiger partial charge in [-0.25, -0.2) is 22.2 Å². The van der Waals surface area contributed by atoms with Crippen LogP contribution in [0.3, 0.4) is 0 Å². The average Bonchev–Trinajstić information content (AvgIpc) is 3.36. The van der Waals surface area contributed by atoms with Gasteiger partial charge in [0.25, 0.3) is 0 Å². The third-order valence-corrected chi connectivity index (χ3v) is 11.0. The second kappa shape index (κ2) is 10.7. The monoisotopic (exact) mass is 624 g/mol. The Morgan fingerprint density at radius 1 is 1.05 bits per heavy atom. The molecular weight excluding hydrogens is 593 g/mol. The zero-order chi connectivity index (χ0) is 29.9. The van der Waals surface area contributed by atoms with E-state index >= 15 is 0 Å². The first-order valence-electron chi connectivity index (χ1n) is 14.2. The van der Waals surface area contributed by atoms with Gasteiger partial charge in [0.2, 0.25) is 15.9 Å². The van der Waals surface area contributed by atoms with E-state index in [9.17, 15) is 26.4 Å². The van der Waals surface area contributed by atoms with Gasteiger partial charge < -0.3 is 9.80 Å². The standard InChI is InChI=1S/C28H32ClF3N6O3S/c1-2-42(40,41)35-15-11-27(12-16-35)10-4-14-37(26(27)39)25(28(30,31)32)19-6-8-20(9-7-19)36-13-3-5-21-22(36)18-33-24-17-23(29)34-38(21)24/h6-9,17-18,25H,2-5,10-16H2,1H3/t25-/m0/s1. The number of nitrogens with zero attached hydrogens (tertiary/aromatic N) is 6. The van der Waals surface area contributed by atoms with Crippen LogP contribution in [0.15, 0.2) is 36.5 Å². The molecule has 0 N–H and O–H groups in total. The summed E-state index contributed by atoms with van der Waals surface area (Å²) in [7, 11) is -3.42. The molecule has 1 amide bonds. The minimum absolute atomic E-state index is 0.00289. The van der Waals surface area contributed by atoms with Gasteiger partial charge in [-0.3, -0.25) is 4.79 Å². The van der Waals surface area contributed by atoms with E-state index in [2.05, 4.69) is 10.1 Å². The molecule has 3 aliphatic rings. The van der Waals surface area contributed by atoms with Crippen LogP contribution in [0.25, 0.3) is 5.65 Å². The Morgan fingerprint density at radius 3 is 2.43 bits per heavy atom. The molecule has 1 aromatic carbocycles. The maximum Gasteiger partial charge on any atom is 0.413 e. The van der Waals surface area contributed by atoms with Gasteiger partial charge in [0.05, 0.1) is 28.7 Å². The van der Waals surface area contributed by atoms with Crippen LogP contribution < -0.4 is 4.90 Å². The highest BCUT2D eigenvalue weighted by molar-refractivity contribution is 7.89. The molecule has 0 unspecified atom stereocenters. The molecule has 2 saturated heterocycles. The van der Waals surface area contributed by atoms with Gasteiger partial charge in [-0.05, 0) is 63.1 Å². The highest BCUT2D eigenvalue weighted by atomic mass is 35.5. The Hall–Kier alpha value is -2.90. The van der Waals surface area contributed by atoms with Crippen molar-refractivity contribution >= 4 is 44.6 Å². The van der Waals surface area contributed by atoms with Crippen LogP contribution in [0, 0.1) is 5.41 Å². The van der Waals surface area contributed by atoms with E-state index in [1.165, 1.54) is 16.4 Å². The number of aromatic nitrogens is 3. The van der Waals surface area contributed by atoms with E-state index in [0.717, 1.165) is 29.1 Å². The molecule has 1 spiro atoms. The fourth-order valence-electron chi connectivity index (χ4n) is 6.77. The van der Waals surface area contributed by atoms with Crippen molar-refractivity contribution in [2.75, 3.05) is 36.8 Å². The number of amides is 1. The van der Waals surface area contributed by atoms with E-state index in [1.807, 2.05) is 4.90 Å². The molecular formula is C28H32ClF3N6O3S. The number of fused-ring (bicyclic) bond motifs is 3. The zero-order valence-corrected chi connectivity index (χ0v) is 24.7. The molecule has 2 fully saturated rings. The SMILES string of the molecule is CCS(=O)(=O)N1CCC2(CCCN([C@@H](c3ccc(N4CCCc5c4cnc4cc(Cl)nn54)cc3)C(F)(F)F)C2=O)CC1. The molecule has 0 aliphatic carbocycles. The topological polar surface area (TPSA) is 91.1 Å². The number of anilines is 2. The van der Waals surface area contributed by atoms with Crippen LogP contribution in [0.1, 0.15) is 56.3 Å². The predicted molar refractivity (Wildman–Crippen MR) is 152 cm³/mol. The Morgan fingerprint density at radius 2 is 1.76 bits per heavy atom. The second-order valence-corrected chi connectivity index (χ2v) is 13.9. The molecule has 9 nitrogen and oxygen atoms in total. The van der Waals surface area contributed by atoms with Crippen LogP contribution in [0.2, 0.25) is 5.15 Å². The number of hydrogen-bond acceptors (Lipinski definition) is 6. The minimum atomic E-state index is -4.69. The lowest BCUT2D eigenvalue weighted by Crippen LogP contribution is -2.56. The molecule has 6 rings (SSSR count). The van der Waals surface area contributed by atoms with Crippen LogP contribution >= 0.6 is 11.6 Å². The van der Waals surface area contributed by atoms with Crippen LogP contribution in [-0.4, -0.2) is 76.2 Å². The van der Waals surface area contributed by atoms with E-state index in [-0.39, 0.29) is 43.8 Å². The van der Waals surface area contributed by atoms with Crippen LogP contribution in [0.4, 0.5) is 24.5 Å². The summed E-state index contributed by atoms with van der Waals surface area (Å²) in [4.78, 5) is 21.2. The van der Waals surface area contributed by atoms with Gasteiger partial charge in [-0.2, -0.15) is 18.3 Å². The summed E-state index contributed by atoms with van der Waals surface area (Å²) in [5.41, 5.74) is 2.10. The fraction of sp³-hybridized carbons (Fsp3) is 0.536. The molecule has 3 aromatic rings. The summed E-state index contributed by atoms with van der Waals surface area (Å²) in [6.07, 6.45) is -0.0323. The number of sulfonamides is 1. The molecule has 0 saturated carbocycles. The summed E-state index contributed by atoms with van der Waals surface area (Å²) in [5, 5.41) is 4.67. The third kappa shape index (κ3) is 5.02. The van der Waals surface area contributed by atoms with E-state index < -0.39 is 33.6 Å². The normalized spacial score (nSPS) is 20.7. The second-order valence-electron chi connectivity index (χ2n) is 11.3. The molecule has 1 atom stereocenters. The van der Waals surface area contributed by atoms with Gasteiger partial charge in [-0.15, -0.1) is 0 Å². The summed E-state index contributed by atoms with van der Waals surface area (Å²) < 4.78 is 71.7. The van der Waals surface area contributed by atoms with Crippen molar-refractivity contribution in [1.29, 1.82) is 0 Å². The van der Waals surface area contributed by atoms with Crippen LogP contribution in [-0.2, 0) is 21.2 Å². The zero-order valence-electron chi connectivity index (χ0n) is 23.1. The summed E-state index contributed by atoms with van der Waals surface area (Å²) in [5.74, 6) is -0.583. The summed E-state index contributed by atoms with van der Waals surface area (Å²) in [6.45, 7) is 2.50. The van der Waals surface area contributed by atoms with E-state index in [4.69, 9.17) is 11.6 Å². The Kier molecular flexibility index (Phi) is 7.42. The number of piperidine rings is 2. The van der Waals surface area contributed by atoms with Gasteiger partial charge in [0, 0.05) is 37.9 Å². The Balaban J connectivity index is 1.27. The third-order valence-electron chi connectivity index (χ3n) is 8.97. The van der Waals surface area contributed by atoms with Crippen molar-refractivity contribution in [3.8, 4) is 0 Å². The van der Waals surface area contributed by atoms with Crippen molar-refractivity contribution in [2.24, 2.45) is 5.41 Å². The Bertz CT molecular complexity index is 1600. The maximum atomic E-state index is 14.7. The molecule has 5 heterocycles. The number of likely N-dealkylation sites (tertiary alicyclic amines) is 1. The molecule has 42 heavy (non-hydrogen) atoms. The summed E-state index contributed by atoms with van der Waals surface area (Å²) in [6, 6.07) is 5.79. The lowest BCUT2D eigenvalue weighted by atomic mass is 9.71. The lowest BCUT2D eigenvalue weighted by molar-refractivity contribution is -0.201. The van der Waals surface area contributed by atoms with Gasteiger partial charge in [0.1, 0.15) is 0 Å². The smallest absolute Gasteiger partial charge is 0.339 e. The first kappa shape index (κ1) is 29.2. The van der Waals surface area contributed by atoms with Crippen molar-refractivity contribution in [1.82, 2.24) is 23.8 Å². The van der Waals surface area contributed by atoms with E-state index in [1.54, 1.807) is 35.8 Å². The predicted octanol–water partition coefficient (Wildman–Crippen LogP) is 5.12. The minimum Gasteiger partial charge on any atom is -0.339 e. The van der Waals surface area contributed by atoms with Crippen LogP contribution in [0.5, 0.6) is 0 Å². The molecule has 0 radical (unpaired) electrons. The van der Waals surface area contributed by atoms with Crippen molar-refractivity contribution in [2.45, 2.75) is 57.7 Å². The number of halogens is 4. The molecule has 14 heteroatoms. The number of carbonyl (C=O) groups excluding carboxylic acids is 1. The highest BCUT2D eigenvalue weighted by Crippen LogP contribution is 2.47. The lowest BCUT2D eigenvalue weighted by Gasteiger charge is -2.48. The number of benzene rings is 1. The first-order valence-corrected chi connectivity index (χ1v) is 16.2. The number of hydrogen-bond donors (Lipinski definition) is 0. The molecule has 226 valence electrons. The van der Waals surface area contributed by atoms with Crippen molar-refractivity contribution < 1.29 is 26.4 Å². The molecule has 0 bridgehead atoms. The highest BCUT2D eigenvalue weighted by Gasteiger charge is 2.54. The van der Waals surface area contributed by atoms with Crippen molar-refractivity contribution in [3.63, 3.8) is 0 Å². The van der Waals surface area contributed by atoms with Gasteiger partial charge in [-0.1, -0.05) is 23.7 Å².